The number of rotatable bonds is 4. The van der Waals surface area contributed by atoms with Crippen molar-refractivity contribution >= 4 is 17.2 Å². The molecule has 0 radical (unpaired) electrons. The van der Waals surface area contributed by atoms with Gasteiger partial charge in [-0.1, -0.05) is 0 Å². The lowest BCUT2D eigenvalue weighted by molar-refractivity contribution is -0.177. The number of halogens is 2. The van der Waals surface area contributed by atoms with E-state index in [0.717, 1.165) is 12.8 Å². The molecule has 20 heavy (non-hydrogen) atoms. The van der Waals surface area contributed by atoms with Gasteiger partial charge in [0.15, 0.2) is 0 Å². The van der Waals surface area contributed by atoms with Gasteiger partial charge < -0.3 is 9.64 Å². The maximum absolute atomic E-state index is 12.4. The van der Waals surface area contributed by atoms with Crippen LogP contribution < -0.4 is 0 Å². The van der Waals surface area contributed by atoms with Crippen molar-refractivity contribution in [1.82, 2.24) is 4.90 Å². The van der Waals surface area contributed by atoms with E-state index >= 15 is 0 Å². The fourth-order valence-electron chi connectivity index (χ4n) is 2.95. The van der Waals surface area contributed by atoms with E-state index in [1.807, 2.05) is 5.38 Å². The normalized spacial score (nSPS) is 29.8. The molecule has 1 aliphatic carbocycles. The number of carbonyl (C=O) groups excluding carboxylic acids is 1. The van der Waals surface area contributed by atoms with Gasteiger partial charge in [0, 0.05) is 19.0 Å². The molecular weight excluding hydrogens is 284 g/mol. The summed E-state index contributed by atoms with van der Waals surface area (Å²) in [5.41, 5.74) is 1.23. The Labute approximate surface area is 120 Å². The Bertz CT molecular complexity index is 466. The van der Waals surface area contributed by atoms with Crippen molar-refractivity contribution in [2.45, 2.75) is 37.9 Å². The first-order chi connectivity index (χ1) is 9.65. The molecule has 2 heterocycles. The van der Waals surface area contributed by atoms with Gasteiger partial charge in [-0.25, -0.2) is 0 Å². The zero-order valence-electron chi connectivity index (χ0n) is 11.0. The second-order valence-electron chi connectivity index (χ2n) is 5.45. The van der Waals surface area contributed by atoms with Crippen LogP contribution in [-0.4, -0.2) is 36.6 Å². The maximum Gasteiger partial charge on any atom is 0.345 e. The molecule has 1 aliphatic heterocycles. The first-order valence-electron chi connectivity index (χ1n) is 6.89. The van der Waals surface area contributed by atoms with Crippen molar-refractivity contribution in [1.29, 1.82) is 0 Å². The number of carbonyl (C=O) groups is 1. The van der Waals surface area contributed by atoms with E-state index < -0.39 is 12.7 Å². The molecule has 0 N–H and O–H groups in total. The summed E-state index contributed by atoms with van der Waals surface area (Å²) in [6.07, 6.45) is 1.70. The van der Waals surface area contributed by atoms with Crippen molar-refractivity contribution in [3.63, 3.8) is 0 Å². The van der Waals surface area contributed by atoms with Crippen molar-refractivity contribution in [2.75, 3.05) is 13.1 Å². The van der Waals surface area contributed by atoms with Crippen LogP contribution in [0.2, 0.25) is 0 Å². The molecular formula is C14H17F2NO2S. The highest BCUT2D eigenvalue weighted by Crippen LogP contribution is 2.49. The van der Waals surface area contributed by atoms with E-state index in [1.165, 1.54) is 5.56 Å². The quantitative estimate of drug-likeness (QED) is 0.855. The molecule has 0 spiro atoms. The molecule has 110 valence electrons. The van der Waals surface area contributed by atoms with Crippen molar-refractivity contribution in [2.24, 2.45) is 5.92 Å². The first-order valence-corrected chi connectivity index (χ1v) is 7.84. The van der Waals surface area contributed by atoms with Crippen LogP contribution in [-0.2, 0) is 9.53 Å². The summed E-state index contributed by atoms with van der Waals surface area (Å²) in [6, 6.07) is 2.06. The molecule has 3 nitrogen and oxygen atoms in total. The number of hydrogen-bond donors (Lipinski definition) is 0. The van der Waals surface area contributed by atoms with Crippen LogP contribution in [0.4, 0.5) is 8.78 Å². The van der Waals surface area contributed by atoms with E-state index in [2.05, 4.69) is 16.2 Å². The average Bonchev–Trinajstić information content (AvgIpc) is 3.03. The van der Waals surface area contributed by atoms with Crippen molar-refractivity contribution in [3.8, 4) is 0 Å². The number of nitrogens with zero attached hydrogens (tertiary/aromatic N) is 1. The topological polar surface area (TPSA) is 29.5 Å². The molecule has 1 amide bonds. The van der Waals surface area contributed by atoms with Gasteiger partial charge in [0.05, 0.1) is 6.10 Å². The largest absolute Gasteiger partial charge is 0.345 e. The maximum atomic E-state index is 12.4. The number of likely N-dealkylation sites (tertiary alicyclic amines) is 1. The number of amides is 1. The molecule has 0 bridgehead atoms. The third-order valence-corrected chi connectivity index (χ3v) is 4.77. The van der Waals surface area contributed by atoms with Gasteiger partial charge in [-0.05, 0) is 47.6 Å². The third kappa shape index (κ3) is 3.01. The smallest absolute Gasteiger partial charge is 0.340 e. The van der Waals surface area contributed by atoms with Crippen LogP contribution >= 0.6 is 11.3 Å². The van der Waals surface area contributed by atoms with E-state index in [0.29, 0.717) is 25.4 Å². The number of alkyl halides is 2. The molecule has 6 heteroatoms. The van der Waals surface area contributed by atoms with Crippen molar-refractivity contribution in [3.05, 3.63) is 22.4 Å². The molecule has 1 unspecified atom stereocenters. The van der Waals surface area contributed by atoms with E-state index in [9.17, 15) is 13.6 Å². The summed E-state index contributed by atoms with van der Waals surface area (Å²) >= 11 is 1.64. The Hall–Kier alpha value is -1.01. The van der Waals surface area contributed by atoms with E-state index in [4.69, 9.17) is 0 Å². The first kappa shape index (κ1) is 13.9. The van der Waals surface area contributed by atoms with Crippen LogP contribution in [0.15, 0.2) is 16.8 Å². The minimum atomic E-state index is -2.76. The second kappa shape index (κ2) is 5.77. The molecule has 3 atom stereocenters. The molecule has 1 saturated heterocycles. The zero-order valence-corrected chi connectivity index (χ0v) is 11.8. The Morgan fingerprint density at radius 2 is 2.35 bits per heavy atom. The van der Waals surface area contributed by atoms with Crippen LogP contribution in [0.5, 0.6) is 0 Å². The standard InChI is InChI=1S/C14H17F2NO2S/c15-14(16)19-10-2-1-4-17(7-10)13(18)12-6-11(12)9-3-5-20-8-9/h3,5,8,10-12,14H,1-2,4,6-7H2/t10?,11-,12+/m0/s1. The molecule has 2 aliphatic rings. The van der Waals surface area contributed by atoms with Gasteiger partial charge in [0.2, 0.25) is 5.91 Å². The van der Waals surface area contributed by atoms with Crippen molar-refractivity contribution < 1.29 is 18.3 Å². The third-order valence-electron chi connectivity index (χ3n) is 4.06. The number of ether oxygens (including phenoxy) is 1. The van der Waals surface area contributed by atoms with E-state index in [1.54, 1.807) is 16.2 Å². The van der Waals surface area contributed by atoms with Crippen LogP contribution in [0.3, 0.4) is 0 Å². The number of thiophene rings is 1. The molecule has 1 aromatic rings. The summed E-state index contributed by atoms with van der Waals surface area (Å²) < 4.78 is 29.0. The van der Waals surface area contributed by atoms with Crippen LogP contribution in [0.1, 0.15) is 30.7 Å². The Balaban J connectivity index is 1.55. The van der Waals surface area contributed by atoms with Gasteiger partial charge in [0.25, 0.3) is 0 Å². The fraction of sp³-hybridized carbons (Fsp3) is 0.643. The summed E-state index contributed by atoms with van der Waals surface area (Å²) in [5.74, 6) is 0.462. The number of hydrogen-bond acceptors (Lipinski definition) is 3. The Morgan fingerprint density at radius 1 is 1.50 bits per heavy atom. The predicted molar refractivity (Wildman–Crippen MR) is 71.9 cm³/mol. The van der Waals surface area contributed by atoms with Gasteiger partial charge in [0.1, 0.15) is 0 Å². The number of piperidine rings is 1. The molecule has 0 aromatic carbocycles. The van der Waals surface area contributed by atoms with Gasteiger partial charge in [-0.2, -0.15) is 20.1 Å². The average molecular weight is 301 g/mol. The van der Waals surface area contributed by atoms with E-state index in [-0.39, 0.29) is 11.8 Å². The minimum absolute atomic E-state index is 0.0369. The lowest BCUT2D eigenvalue weighted by Crippen LogP contribution is -2.44. The molecule has 3 rings (SSSR count). The summed E-state index contributed by atoms with van der Waals surface area (Å²) in [6.45, 7) is -1.79. The van der Waals surface area contributed by atoms with Gasteiger partial charge in [-0.15, -0.1) is 0 Å². The fourth-order valence-corrected chi connectivity index (χ4v) is 3.68. The minimum Gasteiger partial charge on any atom is -0.340 e. The summed E-state index contributed by atoms with van der Waals surface area (Å²) in [5, 5.41) is 4.10. The zero-order chi connectivity index (χ0) is 14.1. The molecule has 1 aromatic heterocycles. The highest BCUT2D eigenvalue weighted by atomic mass is 32.1. The monoisotopic (exact) mass is 301 g/mol. The highest BCUT2D eigenvalue weighted by molar-refractivity contribution is 7.08. The predicted octanol–water partition coefficient (Wildman–Crippen LogP) is 3.08. The highest BCUT2D eigenvalue weighted by Gasteiger charge is 2.46. The second-order valence-corrected chi connectivity index (χ2v) is 6.23. The summed E-state index contributed by atoms with van der Waals surface area (Å²) in [7, 11) is 0. The van der Waals surface area contributed by atoms with Gasteiger partial charge in [-0.3, -0.25) is 4.79 Å². The molecule has 1 saturated carbocycles. The Kier molecular flexibility index (Phi) is 4.03. The van der Waals surface area contributed by atoms with Crippen LogP contribution in [0, 0.1) is 5.92 Å². The summed E-state index contributed by atoms with van der Waals surface area (Å²) in [4.78, 5) is 14.1. The van der Waals surface area contributed by atoms with Gasteiger partial charge >= 0.3 is 6.61 Å². The lowest BCUT2D eigenvalue weighted by atomic mass is 10.1. The SMILES string of the molecule is O=C([C@@H]1C[C@H]1c1ccsc1)N1CCCC(OC(F)F)C1. The molecule has 2 fully saturated rings. The van der Waals surface area contributed by atoms with Crippen LogP contribution in [0.25, 0.3) is 0 Å². The Morgan fingerprint density at radius 3 is 3.05 bits per heavy atom. The lowest BCUT2D eigenvalue weighted by Gasteiger charge is -2.32.